The number of carbonyl (C=O) groups is 3. The summed E-state index contributed by atoms with van der Waals surface area (Å²) in [5.41, 5.74) is 2.40. The fourth-order valence-electron chi connectivity index (χ4n) is 5.19. The molecule has 2 heterocycles. The fourth-order valence-corrected chi connectivity index (χ4v) is 5.19. The van der Waals surface area contributed by atoms with Crippen LogP contribution in [0.1, 0.15) is 70.0 Å². The Hall–Kier alpha value is -2.49. The van der Waals surface area contributed by atoms with Crippen LogP contribution in [0.2, 0.25) is 0 Å². The first-order valence-electron chi connectivity index (χ1n) is 15.0. The predicted octanol–water partition coefficient (Wildman–Crippen LogP) is 3.31. The van der Waals surface area contributed by atoms with E-state index in [-0.39, 0.29) is 11.8 Å². The lowest BCUT2D eigenvalue weighted by Gasteiger charge is -2.34. The van der Waals surface area contributed by atoms with Crippen molar-refractivity contribution in [1.82, 2.24) is 20.0 Å². The molecule has 0 spiro atoms. The lowest BCUT2D eigenvalue weighted by molar-refractivity contribution is -0.120. The molecule has 40 heavy (non-hydrogen) atoms. The lowest BCUT2D eigenvalue weighted by Crippen LogP contribution is -2.48. The largest absolute Gasteiger partial charge is 0.497 e. The molecule has 226 valence electrons. The number of amides is 2. The van der Waals surface area contributed by atoms with Crippen molar-refractivity contribution in [1.29, 1.82) is 0 Å². The third-order valence-corrected chi connectivity index (χ3v) is 7.72. The van der Waals surface area contributed by atoms with Crippen LogP contribution in [0.25, 0.3) is 0 Å². The number of carbonyl (C=O) groups excluding carboxylic acids is 3. The highest BCUT2D eigenvalue weighted by Crippen LogP contribution is 2.29. The van der Waals surface area contributed by atoms with Gasteiger partial charge in [-0.15, -0.1) is 0 Å². The van der Waals surface area contributed by atoms with E-state index in [2.05, 4.69) is 41.1 Å². The molecule has 0 radical (unpaired) electrons. The van der Waals surface area contributed by atoms with Gasteiger partial charge in [0.2, 0.25) is 12.8 Å². The van der Waals surface area contributed by atoms with Crippen LogP contribution in [0.4, 0.5) is 0 Å². The molecule has 1 unspecified atom stereocenters. The number of unbranched alkanes of at least 4 members (excludes halogenated alkanes) is 3. The van der Waals surface area contributed by atoms with Gasteiger partial charge in [0.15, 0.2) is 0 Å². The first-order chi connectivity index (χ1) is 19.4. The Kier molecular flexibility index (Phi) is 16.5. The Morgan fingerprint density at radius 2 is 1.62 bits per heavy atom. The second-order valence-electron chi connectivity index (χ2n) is 11.1. The number of aryl methyl sites for hydroxylation is 1. The molecule has 1 N–H and O–H groups in total. The van der Waals surface area contributed by atoms with E-state index in [4.69, 9.17) is 9.47 Å². The van der Waals surface area contributed by atoms with E-state index in [0.717, 1.165) is 116 Å². The summed E-state index contributed by atoms with van der Waals surface area (Å²) >= 11 is 0. The minimum absolute atomic E-state index is 0.0149. The van der Waals surface area contributed by atoms with Crippen molar-refractivity contribution in [3.63, 3.8) is 0 Å². The van der Waals surface area contributed by atoms with Gasteiger partial charge in [-0.1, -0.05) is 32.8 Å². The highest BCUT2D eigenvalue weighted by atomic mass is 16.5. The summed E-state index contributed by atoms with van der Waals surface area (Å²) in [4.78, 5) is 39.2. The molecule has 0 bridgehead atoms. The van der Waals surface area contributed by atoms with Gasteiger partial charge in [0, 0.05) is 58.8 Å². The maximum Gasteiger partial charge on any atom is 0.209 e. The molecule has 0 aliphatic carbocycles. The summed E-state index contributed by atoms with van der Waals surface area (Å²) in [6.07, 6.45) is 7.61. The summed E-state index contributed by atoms with van der Waals surface area (Å²) in [6.45, 7) is 15.8. The molecular weight excluding hydrogens is 508 g/mol. The number of piperazine rings is 1. The highest BCUT2D eigenvalue weighted by molar-refractivity contribution is 5.75. The summed E-state index contributed by atoms with van der Waals surface area (Å²) in [5.74, 6) is 1.43. The second kappa shape index (κ2) is 19.6. The van der Waals surface area contributed by atoms with Gasteiger partial charge in [-0.05, 0) is 55.4 Å². The van der Waals surface area contributed by atoms with Crippen molar-refractivity contribution in [2.45, 2.75) is 65.3 Å². The maximum atomic E-state index is 11.0. The molecule has 0 saturated carbocycles. The van der Waals surface area contributed by atoms with Crippen molar-refractivity contribution < 1.29 is 23.9 Å². The molecule has 1 atom stereocenters. The molecule has 9 nitrogen and oxygen atoms in total. The van der Waals surface area contributed by atoms with Gasteiger partial charge in [0.05, 0.1) is 26.4 Å². The monoisotopic (exact) mass is 560 g/mol. The van der Waals surface area contributed by atoms with Crippen LogP contribution >= 0.6 is 0 Å². The zero-order valence-electron chi connectivity index (χ0n) is 25.2. The Morgan fingerprint density at radius 3 is 2.20 bits per heavy atom. The van der Waals surface area contributed by atoms with E-state index in [1.54, 1.807) is 14.0 Å². The van der Waals surface area contributed by atoms with Crippen LogP contribution in [0.3, 0.4) is 0 Å². The van der Waals surface area contributed by atoms with E-state index >= 15 is 0 Å². The maximum absolute atomic E-state index is 11.0. The SMILES string of the molecule is COc1ccc(C(NC=O)C(C)C)c(CCCCCCC(C)=O)c1.O=CN1CCN(CCN2CCOCC2)CC1. The summed E-state index contributed by atoms with van der Waals surface area (Å²) in [7, 11) is 1.67. The molecule has 2 aliphatic heterocycles. The summed E-state index contributed by atoms with van der Waals surface area (Å²) in [5, 5.41) is 2.94. The number of Topliss-reactive ketones (excluding diaryl/α,β-unsaturated/α-hetero) is 1. The zero-order chi connectivity index (χ0) is 29.2. The van der Waals surface area contributed by atoms with Crippen LogP contribution < -0.4 is 10.1 Å². The van der Waals surface area contributed by atoms with Crippen molar-refractivity contribution in [3.05, 3.63) is 29.3 Å². The van der Waals surface area contributed by atoms with Gasteiger partial charge in [0.25, 0.3) is 0 Å². The average molecular weight is 561 g/mol. The lowest BCUT2D eigenvalue weighted by atomic mass is 9.90. The van der Waals surface area contributed by atoms with Gasteiger partial charge in [-0.25, -0.2) is 0 Å². The first kappa shape index (κ1) is 33.7. The number of hydrogen-bond donors (Lipinski definition) is 1. The molecule has 0 aromatic heterocycles. The van der Waals surface area contributed by atoms with Gasteiger partial charge in [-0.3, -0.25) is 19.4 Å². The molecule has 2 aliphatic rings. The van der Waals surface area contributed by atoms with Crippen molar-refractivity contribution >= 4 is 18.6 Å². The van der Waals surface area contributed by atoms with Gasteiger partial charge in [0.1, 0.15) is 11.5 Å². The minimum Gasteiger partial charge on any atom is -0.497 e. The fraction of sp³-hybridized carbons (Fsp3) is 0.710. The first-order valence-corrected chi connectivity index (χ1v) is 15.0. The molecule has 1 aromatic rings. The van der Waals surface area contributed by atoms with Crippen LogP contribution in [0.5, 0.6) is 5.75 Å². The molecule has 2 amide bonds. The Balaban J connectivity index is 0.000000302. The summed E-state index contributed by atoms with van der Waals surface area (Å²) < 4.78 is 10.7. The highest BCUT2D eigenvalue weighted by Gasteiger charge is 2.19. The number of benzene rings is 1. The second-order valence-corrected chi connectivity index (χ2v) is 11.1. The van der Waals surface area contributed by atoms with E-state index in [0.29, 0.717) is 12.3 Å². The number of ketones is 1. The van der Waals surface area contributed by atoms with Crippen LogP contribution in [0, 0.1) is 5.92 Å². The van der Waals surface area contributed by atoms with Crippen molar-refractivity contribution in [2.75, 3.05) is 72.7 Å². The molecule has 9 heteroatoms. The molecular formula is C31H52N4O5. The zero-order valence-corrected chi connectivity index (χ0v) is 25.2. The van der Waals surface area contributed by atoms with Crippen molar-refractivity contribution in [3.8, 4) is 5.75 Å². The van der Waals surface area contributed by atoms with E-state index < -0.39 is 0 Å². The Morgan fingerprint density at radius 1 is 0.975 bits per heavy atom. The predicted molar refractivity (Wildman–Crippen MR) is 159 cm³/mol. The van der Waals surface area contributed by atoms with Gasteiger partial charge >= 0.3 is 0 Å². The van der Waals surface area contributed by atoms with Crippen molar-refractivity contribution in [2.24, 2.45) is 5.92 Å². The molecule has 2 saturated heterocycles. The smallest absolute Gasteiger partial charge is 0.209 e. The molecule has 2 fully saturated rings. The van der Waals surface area contributed by atoms with E-state index in [9.17, 15) is 14.4 Å². The Labute approximate surface area is 241 Å². The normalized spacial score (nSPS) is 17.1. The molecule has 1 aromatic carbocycles. The Bertz CT molecular complexity index is 867. The standard InChI is InChI=1S/C20H31NO3.C11H21N3O2/c1-15(2)20(21-14-22)19-12-11-18(24-4)13-17(19)10-8-6-5-7-9-16(3)23;15-11-14-5-3-12(4-6-14)1-2-13-7-9-16-10-8-13/h11-15,20H,5-10H2,1-4H3,(H,21,22);11H,1-10H2. The quantitative estimate of drug-likeness (QED) is 0.245. The van der Waals surface area contributed by atoms with Crippen LogP contribution in [-0.2, 0) is 25.5 Å². The average Bonchev–Trinajstić information content (AvgIpc) is 2.97. The minimum atomic E-state index is 0.0149. The third kappa shape index (κ3) is 12.8. The van der Waals surface area contributed by atoms with Crippen LogP contribution in [-0.4, -0.2) is 106 Å². The van der Waals surface area contributed by atoms with E-state index in [1.807, 2.05) is 11.0 Å². The number of methoxy groups -OCH3 is 1. The third-order valence-electron chi connectivity index (χ3n) is 7.72. The number of nitrogens with zero attached hydrogens (tertiary/aromatic N) is 3. The molecule has 3 rings (SSSR count). The van der Waals surface area contributed by atoms with Crippen LogP contribution in [0.15, 0.2) is 18.2 Å². The van der Waals surface area contributed by atoms with Gasteiger partial charge in [-0.2, -0.15) is 0 Å². The van der Waals surface area contributed by atoms with Gasteiger partial charge < -0.3 is 24.5 Å². The van der Waals surface area contributed by atoms with E-state index in [1.165, 1.54) is 11.1 Å². The number of ether oxygens (including phenoxy) is 2. The number of rotatable bonds is 16. The summed E-state index contributed by atoms with van der Waals surface area (Å²) in [6, 6.07) is 6.10. The number of morpholine rings is 1. The number of nitrogens with one attached hydrogen (secondary N) is 1. The number of hydrogen-bond acceptors (Lipinski definition) is 7. The topological polar surface area (TPSA) is 91.4 Å².